The summed E-state index contributed by atoms with van der Waals surface area (Å²) in [5.74, 6) is -0.564. The van der Waals surface area contributed by atoms with Crippen LogP contribution in [-0.4, -0.2) is 24.5 Å². The SMILES string of the molecule is C=Cc1ccc(C(C[SiH3])(OC)OC)cc1. The summed E-state index contributed by atoms with van der Waals surface area (Å²) in [4.78, 5) is 0. The maximum absolute atomic E-state index is 5.48. The van der Waals surface area contributed by atoms with Gasteiger partial charge in [0.15, 0.2) is 5.79 Å². The number of methoxy groups -OCH3 is 2. The van der Waals surface area contributed by atoms with E-state index in [4.69, 9.17) is 9.47 Å². The van der Waals surface area contributed by atoms with E-state index in [0.717, 1.165) is 27.4 Å². The molecule has 0 saturated carbocycles. The molecule has 0 atom stereocenters. The van der Waals surface area contributed by atoms with Crippen molar-refractivity contribution in [2.24, 2.45) is 0 Å². The lowest BCUT2D eigenvalue weighted by molar-refractivity contribution is -0.201. The third-order valence-electron chi connectivity index (χ3n) is 2.71. The fourth-order valence-corrected chi connectivity index (χ4v) is 2.67. The third-order valence-corrected chi connectivity index (χ3v) is 3.64. The van der Waals surface area contributed by atoms with Gasteiger partial charge >= 0.3 is 0 Å². The minimum Gasteiger partial charge on any atom is -0.349 e. The molecule has 0 unspecified atom stereocenters. The number of hydrogen-bond donors (Lipinski definition) is 0. The van der Waals surface area contributed by atoms with Gasteiger partial charge in [0.1, 0.15) is 0 Å². The van der Waals surface area contributed by atoms with Crippen LogP contribution in [0, 0.1) is 0 Å². The molecule has 15 heavy (non-hydrogen) atoms. The van der Waals surface area contributed by atoms with Gasteiger partial charge in [-0.3, -0.25) is 0 Å². The van der Waals surface area contributed by atoms with Gasteiger partial charge in [0.2, 0.25) is 0 Å². The van der Waals surface area contributed by atoms with E-state index >= 15 is 0 Å². The van der Waals surface area contributed by atoms with Gasteiger partial charge in [-0.05, 0) is 11.6 Å². The normalized spacial score (nSPS) is 11.6. The summed E-state index contributed by atoms with van der Waals surface area (Å²) >= 11 is 0. The molecule has 0 aromatic heterocycles. The quantitative estimate of drug-likeness (QED) is 0.556. The Bertz CT molecular complexity index is 307. The van der Waals surface area contributed by atoms with E-state index in [-0.39, 0.29) is 0 Å². The second-order valence-corrected chi connectivity index (χ2v) is 4.05. The number of hydrogen-bond acceptors (Lipinski definition) is 2. The summed E-state index contributed by atoms with van der Waals surface area (Å²) < 4.78 is 11.0. The maximum Gasteiger partial charge on any atom is 0.190 e. The molecule has 0 fully saturated rings. The minimum atomic E-state index is -0.564. The van der Waals surface area contributed by atoms with E-state index in [1.807, 2.05) is 30.3 Å². The molecule has 1 rings (SSSR count). The average Bonchev–Trinajstić information content (AvgIpc) is 2.33. The molecule has 0 N–H and O–H groups in total. The molecule has 0 radical (unpaired) electrons. The van der Waals surface area contributed by atoms with E-state index in [9.17, 15) is 0 Å². The van der Waals surface area contributed by atoms with Crippen molar-refractivity contribution < 1.29 is 9.47 Å². The van der Waals surface area contributed by atoms with Gasteiger partial charge in [-0.15, -0.1) is 0 Å². The molecule has 0 bridgehead atoms. The molecule has 0 aliphatic carbocycles. The van der Waals surface area contributed by atoms with E-state index in [1.54, 1.807) is 14.2 Å². The highest BCUT2D eigenvalue weighted by Crippen LogP contribution is 2.29. The third kappa shape index (κ3) is 2.37. The van der Waals surface area contributed by atoms with Crippen molar-refractivity contribution in [1.29, 1.82) is 0 Å². The first-order valence-corrected chi connectivity index (χ1v) is 6.47. The molecule has 0 aliphatic heterocycles. The molecular formula is C12H18O2Si. The first-order valence-electron chi connectivity index (χ1n) is 5.05. The van der Waals surface area contributed by atoms with E-state index in [1.165, 1.54) is 0 Å². The predicted molar refractivity (Wildman–Crippen MR) is 67.0 cm³/mol. The summed E-state index contributed by atoms with van der Waals surface area (Å²) in [5, 5.41) is 0. The Labute approximate surface area is 94.3 Å². The molecule has 0 spiro atoms. The first-order chi connectivity index (χ1) is 7.22. The predicted octanol–water partition coefficient (Wildman–Crippen LogP) is 1.56. The van der Waals surface area contributed by atoms with Gasteiger partial charge in [-0.2, -0.15) is 0 Å². The van der Waals surface area contributed by atoms with Gasteiger partial charge in [0.05, 0.1) is 0 Å². The van der Waals surface area contributed by atoms with Crippen molar-refractivity contribution in [3.8, 4) is 0 Å². The summed E-state index contributed by atoms with van der Waals surface area (Å²) in [5.41, 5.74) is 2.17. The number of rotatable bonds is 5. The Morgan fingerprint density at radius 3 is 2.13 bits per heavy atom. The van der Waals surface area contributed by atoms with Crippen molar-refractivity contribution in [1.82, 2.24) is 0 Å². The van der Waals surface area contributed by atoms with Crippen LogP contribution in [0.4, 0.5) is 0 Å². The summed E-state index contributed by atoms with van der Waals surface area (Å²) in [7, 11) is 4.40. The van der Waals surface area contributed by atoms with Crippen LogP contribution in [0.25, 0.3) is 6.08 Å². The summed E-state index contributed by atoms with van der Waals surface area (Å²) in [6.07, 6.45) is 1.83. The summed E-state index contributed by atoms with van der Waals surface area (Å²) in [6, 6.07) is 9.01. The average molecular weight is 222 g/mol. The lowest BCUT2D eigenvalue weighted by Gasteiger charge is -2.30. The Morgan fingerprint density at radius 2 is 1.80 bits per heavy atom. The van der Waals surface area contributed by atoms with Crippen LogP contribution in [0.2, 0.25) is 6.04 Å². The van der Waals surface area contributed by atoms with Crippen LogP contribution in [0.3, 0.4) is 0 Å². The van der Waals surface area contributed by atoms with Gasteiger partial charge in [-0.1, -0.05) is 36.9 Å². The maximum atomic E-state index is 5.48. The van der Waals surface area contributed by atoms with E-state index < -0.39 is 5.79 Å². The van der Waals surface area contributed by atoms with Gasteiger partial charge in [0, 0.05) is 30.0 Å². The molecule has 0 saturated heterocycles. The van der Waals surface area contributed by atoms with Gasteiger partial charge < -0.3 is 9.47 Å². The molecule has 3 heteroatoms. The zero-order valence-corrected chi connectivity index (χ0v) is 11.6. The lowest BCUT2D eigenvalue weighted by atomic mass is 10.0. The standard InChI is InChI=1S/C12H18O2Si/c1-4-10-5-7-11(8-6-10)12(9-15,13-2)14-3/h4-8H,1,9H2,2-3,15H3. The van der Waals surface area contributed by atoms with Crippen LogP contribution in [-0.2, 0) is 15.3 Å². The van der Waals surface area contributed by atoms with Crippen molar-refractivity contribution in [2.75, 3.05) is 14.2 Å². The molecule has 0 heterocycles. The topological polar surface area (TPSA) is 18.5 Å². The highest BCUT2D eigenvalue weighted by molar-refractivity contribution is 6.09. The van der Waals surface area contributed by atoms with Gasteiger partial charge in [0.25, 0.3) is 0 Å². The molecule has 1 aromatic carbocycles. The van der Waals surface area contributed by atoms with Crippen LogP contribution in [0.15, 0.2) is 30.8 Å². The van der Waals surface area contributed by atoms with Crippen molar-refractivity contribution in [2.45, 2.75) is 11.8 Å². The van der Waals surface area contributed by atoms with Crippen molar-refractivity contribution >= 4 is 16.3 Å². The van der Waals surface area contributed by atoms with Crippen molar-refractivity contribution in [3.63, 3.8) is 0 Å². The van der Waals surface area contributed by atoms with Crippen LogP contribution < -0.4 is 0 Å². The smallest absolute Gasteiger partial charge is 0.190 e. The van der Waals surface area contributed by atoms with Crippen molar-refractivity contribution in [3.05, 3.63) is 42.0 Å². The van der Waals surface area contributed by atoms with Gasteiger partial charge in [-0.25, -0.2) is 0 Å². The Kier molecular flexibility index (Phi) is 4.26. The molecule has 1 aromatic rings. The number of benzene rings is 1. The Balaban J connectivity index is 3.06. The second kappa shape index (κ2) is 5.26. The summed E-state index contributed by atoms with van der Waals surface area (Å²) in [6.45, 7) is 3.73. The van der Waals surface area contributed by atoms with Crippen LogP contribution in [0.5, 0.6) is 0 Å². The molecular weight excluding hydrogens is 204 g/mol. The van der Waals surface area contributed by atoms with E-state index in [2.05, 4.69) is 6.58 Å². The van der Waals surface area contributed by atoms with Crippen LogP contribution >= 0.6 is 0 Å². The fourth-order valence-electron chi connectivity index (χ4n) is 1.68. The first kappa shape index (κ1) is 12.2. The molecule has 0 amide bonds. The Morgan fingerprint density at radius 1 is 1.27 bits per heavy atom. The molecule has 82 valence electrons. The highest BCUT2D eigenvalue weighted by atomic mass is 28.1. The molecule has 0 aliphatic rings. The largest absolute Gasteiger partial charge is 0.349 e. The van der Waals surface area contributed by atoms with E-state index in [0.29, 0.717) is 0 Å². The minimum absolute atomic E-state index is 0.564. The highest BCUT2D eigenvalue weighted by Gasteiger charge is 2.29. The Hall–Kier alpha value is -0.903. The zero-order valence-electron chi connectivity index (χ0n) is 9.62. The zero-order chi connectivity index (χ0) is 11.3. The molecule has 2 nitrogen and oxygen atoms in total. The lowest BCUT2D eigenvalue weighted by Crippen LogP contribution is -2.30. The monoisotopic (exact) mass is 222 g/mol. The second-order valence-electron chi connectivity index (χ2n) is 3.34. The fraction of sp³-hybridized carbons (Fsp3) is 0.333. The van der Waals surface area contributed by atoms with Crippen LogP contribution in [0.1, 0.15) is 11.1 Å². The number of ether oxygens (including phenoxy) is 2.